The van der Waals surface area contributed by atoms with Gasteiger partial charge in [-0.15, -0.1) is 0 Å². The number of esters is 1. The van der Waals surface area contributed by atoms with E-state index in [2.05, 4.69) is 10.4 Å². The Labute approximate surface area is 170 Å². The van der Waals surface area contributed by atoms with Crippen LogP contribution in [-0.2, 0) is 4.74 Å². The SMILES string of the molecule is CCOC(=O)c1ccccc1NC(=O)c1nn(-c2ccc(F)cc2)c(=O)cc1OC. The van der Waals surface area contributed by atoms with Crippen LogP contribution >= 0.6 is 0 Å². The topological polar surface area (TPSA) is 99.5 Å². The van der Waals surface area contributed by atoms with Crippen LogP contribution in [0.2, 0.25) is 0 Å². The second-order valence-electron chi connectivity index (χ2n) is 6.01. The molecule has 0 fully saturated rings. The molecule has 0 aliphatic carbocycles. The molecule has 154 valence electrons. The summed E-state index contributed by atoms with van der Waals surface area (Å²) < 4.78 is 24.3. The molecule has 30 heavy (non-hydrogen) atoms. The number of methoxy groups -OCH3 is 1. The molecule has 0 bridgehead atoms. The fraction of sp³-hybridized carbons (Fsp3) is 0.143. The van der Waals surface area contributed by atoms with Crippen molar-refractivity contribution in [2.24, 2.45) is 0 Å². The van der Waals surface area contributed by atoms with E-state index in [4.69, 9.17) is 9.47 Å². The zero-order valence-electron chi connectivity index (χ0n) is 16.2. The molecule has 1 aromatic heterocycles. The van der Waals surface area contributed by atoms with Gasteiger partial charge in [0.25, 0.3) is 11.5 Å². The highest BCUT2D eigenvalue weighted by molar-refractivity contribution is 6.08. The summed E-state index contributed by atoms with van der Waals surface area (Å²) in [4.78, 5) is 37.4. The molecular weight excluding hydrogens is 393 g/mol. The Balaban J connectivity index is 2.00. The molecule has 0 radical (unpaired) electrons. The van der Waals surface area contributed by atoms with Gasteiger partial charge < -0.3 is 14.8 Å². The highest BCUT2D eigenvalue weighted by atomic mass is 19.1. The van der Waals surface area contributed by atoms with Gasteiger partial charge in [-0.1, -0.05) is 12.1 Å². The Morgan fingerprint density at radius 3 is 2.50 bits per heavy atom. The number of para-hydroxylation sites is 1. The normalized spacial score (nSPS) is 10.4. The van der Waals surface area contributed by atoms with Gasteiger partial charge in [0, 0.05) is 0 Å². The van der Waals surface area contributed by atoms with Crippen LogP contribution in [0.5, 0.6) is 5.75 Å². The molecule has 1 amide bonds. The number of ether oxygens (including phenoxy) is 2. The number of amides is 1. The summed E-state index contributed by atoms with van der Waals surface area (Å²) in [5, 5.41) is 6.67. The van der Waals surface area contributed by atoms with Gasteiger partial charge >= 0.3 is 5.97 Å². The van der Waals surface area contributed by atoms with Gasteiger partial charge in [-0.2, -0.15) is 9.78 Å². The van der Waals surface area contributed by atoms with Crippen molar-refractivity contribution < 1.29 is 23.5 Å². The highest BCUT2D eigenvalue weighted by Crippen LogP contribution is 2.20. The molecule has 9 heteroatoms. The minimum absolute atomic E-state index is 0.0514. The van der Waals surface area contributed by atoms with Crippen molar-refractivity contribution in [1.29, 1.82) is 0 Å². The van der Waals surface area contributed by atoms with E-state index in [1.807, 2.05) is 0 Å². The molecule has 0 spiro atoms. The molecule has 2 aromatic carbocycles. The average Bonchev–Trinajstić information content (AvgIpc) is 2.74. The summed E-state index contributed by atoms with van der Waals surface area (Å²) in [7, 11) is 1.29. The minimum Gasteiger partial charge on any atom is -0.494 e. The van der Waals surface area contributed by atoms with Gasteiger partial charge in [0.2, 0.25) is 0 Å². The molecule has 3 rings (SSSR count). The van der Waals surface area contributed by atoms with Crippen LogP contribution in [0.15, 0.2) is 59.4 Å². The van der Waals surface area contributed by atoms with Crippen molar-refractivity contribution >= 4 is 17.6 Å². The van der Waals surface area contributed by atoms with E-state index in [1.54, 1.807) is 19.1 Å². The number of nitrogens with zero attached hydrogens (tertiary/aromatic N) is 2. The fourth-order valence-electron chi connectivity index (χ4n) is 2.68. The van der Waals surface area contributed by atoms with E-state index in [-0.39, 0.29) is 35.0 Å². The predicted molar refractivity (Wildman–Crippen MR) is 107 cm³/mol. The van der Waals surface area contributed by atoms with Gasteiger partial charge in [0.15, 0.2) is 11.4 Å². The van der Waals surface area contributed by atoms with Crippen LogP contribution in [0.25, 0.3) is 5.69 Å². The molecular formula is C21H18FN3O5. The molecule has 0 aliphatic rings. The molecule has 3 aromatic rings. The standard InChI is InChI=1S/C21H18FN3O5/c1-3-30-21(28)15-6-4-5-7-16(15)23-20(27)19-17(29-2)12-18(26)25(24-19)14-10-8-13(22)9-11-14/h4-12H,3H2,1-2H3,(H,23,27). The number of carbonyl (C=O) groups excluding carboxylic acids is 2. The summed E-state index contributed by atoms with van der Waals surface area (Å²) >= 11 is 0. The van der Waals surface area contributed by atoms with Crippen LogP contribution in [0.3, 0.4) is 0 Å². The third-order valence-electron chi connectivity index (χ3n) is 4.07. The Kier molecular flexibility index (Phi) is 6.21. The number of rotatable bonds is 6. The summed E-state index contributed by atoms with van der Waals surface area (Å²) in [5.41, 5.74) is -0.116. The third-order valence-corrected chi connectivity index (χ3v) is 4.07. The van der Waals surface area contributed by atoms with E-state index < -0.39 is 23.3 Å². The Hall–Kier alpha value is -4.01. The van der Waals surface area contributed by atoms with Gasteiger partial charge in [-0.25, -0.2) is 9.18 Å². The lowest BCUT2D eigenvalue weighted by atomic mass is 10.1. The van der Waals surface area contributed by atoms with Gasteiger partial charge in [0.05, 0.1) is 36.7 Å². The number of carbonyl (C=O) groups is 2. The number of aromatic nitrogens is 2. The van der Waals surface area contributed by atoms with Crippen LogP contribution in [0.1, 0.15) is 27.8 Å². The molecule has 0 saturated carbocycles. The Bertz CT molecular complexity index is 1140. The van der Waals surface area contributed by atoms with Crippen molar-refractivity contribution in [1.82, 2.24) is 9.78 Å². The van der Waals surface area contributed by atoms with E-state index in [0.717, 1.165) is 10.7 Å². The quantitative estimate of drug-likeness (QED) is 0.626. The molecule has 1 N–H and O–H groups in total. The maximum atomic E-state index is 13.2. The van der Waals surface area contributed by atoms with E-state index in [9.17, 15) is 18.8 Å². The summed E-state index contributed by atoms with van der Waals surface area (Å²) in [6, 6.07) is 12.5. The molecule has 0 aliphatic heterocycles. The molecule has 1 heterocycles. The number of anilines is 1. The summed E-state index contributed by atoms with van der Waals surface area (Å²) in [6.45, 7) is 1.85. The van der Waals surface area contributed by atoms with E-state index in [0.29, 0.717) is 0 Å². The second-order valence-corrected chi connectivity index (χ2v) is 6.01. The third kappa shape index (κ3) is 4.35. The maximum Gasteiger partial charge on any atom is 0.340 e. The lowest BCUT2D eigenvalue weighted by Crippen LogP contribution is -2.26. The smallest absolute Gasteiger partial charge is 0.340 e. The first-order valence-corrected chi connectivity index (χ1v) is 8.96. The van der Waals surface area contributed by atoms with E-state index >= 15 is 0 Å². The van der Waals surface area contributed by atoms with Crippen LogP contribution < -0.4 is 15.6 Å². The number of nitrogens with one attached hydrogen (secondary N) is 1. The van der Waals surface area contributed by atoms with Crippen LogP contribution in [-0.4, -0.2) is 35.4 Å². The zero-order valence-corrected chi connectivity index (χ0v) is 16.2. The largest absolute Gasteiger partial charge is 0.494 e. The van der Waals surface area contributed by atoms with Crippen molar-refractivity contribution in [2.45, 2.75) is 6.92 Å². The molecule has 0 unspecified atom stereocenters. The lowest BCUT2D eigenvalue weighted by molar-refractivity contribution is 0.0527. The first kappa shape index (κ1) is 20.7. The van der Waals surface area contributed by atoms with Crippen molar-refractivity contribution in [3.63, 3.8) is 0 Å². The monoisotopic (exact) mass is 411 g/mol. The van der Waals surface area contributed by atoms with Crippen molar-refractivity contribution in [3.05, 3.63) is 82.0 Å². The number of halogens is 1. The Morgan fingerprint density at radius 1 is 1.13 bits per heavy atom. The maximum absolute atomic E-state index is 13.2. The van der Waals surface area contributed by atoms with Crippen LogP contribution in [0, 0.1) is 5.82 Å². The van der Waals surface area contributed by atoms with Gasteiger partial charge in [-0.05, 0) is 43.3 Å². The van der Waals surface area contributed by atoms with Gasteiger partial charge in [-0.3, -0.25) is 9.59 Å². The zero-order chi connectivity index (χ0) is 21.7. The second kappa shape index (κ2) is 8.99. The average molecular weight is 411 g/mol. The predicted octanol–water partition coefficient (Wildman–Crippen LogP) is 2.81. The minimum atomic E-state index is -0.709. The summed E-state index contributed by atoms with van der Waals surface area (Å²) in [5.74, 6) is -1.83. The van der Waals surface area contributed by atoms with Crippen molar-refractivity contribution in [3.8, 4) is 11.4 Å². The van der Waals surface area contributed by atoms with Crippen molar-refractivity contribution in [2.75, 3.05) is 19.0 Å². The summed E-state index contributed by atoms with van der Waals surface area (Å²) in [6.07, 6.45) is 0. The molecule has 0 atom stereocenters. The number of hydrogen-bond donors (Lipinski definition) is 1. The first-order chi connectivity index (χ1) is 14.4. The van der Waals surface area contributed by atoms with E-state index in [1.165, 1.54) is 43.5 Å². The highest BCUT2D eigenvalue weighted by Gasteiger charge is 2.21. The fourth-order valence-corrected chi connectivity index (χ4v) is 2.68. The Morgan fingerprint density at radius 2 is 1.83 bits per heavy atom. The van der Waals surface area contributed by atoms with Crippen LogP contribution in [0.4, 0.5) is 10.1 Å². The number of benzene rings is 2. The van der Waals surface area contributed by atoms with Gasteiger partial charge in [0.1, 0.15) is 5.82 Å². The lowest BCUT2D eigenvalue weighted by Gasteiger charge is -2.13. The number of hydrogen-bond acceptors (Lipinski definition) is 6. The first-order valence-electron chi connectivity index (χ1n) is 8.96. The molecule has 8 nitrogen and oxygen atoms in total. The molecule has 0 saturated heterocycles.